The van der Waals surface area contributed by atoms with Crippen LogP contribution in [0, 0.1) is 5.82 Å². The van der Waals surface area contributed by atoms with E-state index in [9.17, 15) is 19.1 Å². The number of ketones is 1. The molecule has 0 aromatic heterocycles. The quantitative estimate of drug-likeness (QED) is 0.456. The monoisotopic (exact) mass is 409 g/mol. The van der Waals surface area contributed by atoms with Crippen LogP contribution in [-0.4, -0.2) is 34.8 Å². The van der Waals surface area contributed by atoms with Crippen molar-refractivity contribution in [2.24, 2.45) is 0 Å². The van der Waals surface area contributed by atoms with Gasteiger partial charge >= 0.3 is 0 Å². The summed E-state index contributed by atoms with van der Waals surface area (Å²) in [4.78, 5) is 27.8. The molecule has 1 saturated carbocycles. The zero-order valence-electron chi connectivity index (χ0n) is 16.8. The first-order chi connectivity index (χ1) is 14.5. The third kappa shape index (κ3) is 3.47. The zero-order chi connectivity index (χ0) is 21.3. The molecule has 1 aliphatic carbocycles. The molecule has 2 aliphatic rings. The Labute approximate surface area is 174 Å². The molecule has 30 heavy (non-hydrogen) atoms. The first kappa shape index (κ1) is 20.1. The average molecular weight is 409 g/mol. The molecule has 2 fully saturated rings. The standard InChI is InChI=1S/C24H24FNO4/c1-30-19-13-12-16(25)14-18(19)22(27)20-21(15-8-4-2-5-9-15)26(24(29)23(20)28)17-10-6-3-7-11-17/h2,4-5,8-9,12-14,17,21,27H,3,6-7,10-11H2,1H3/b22-20+. The number of amides is 1. The maximum Gasteiger partial charge on any atom is 0.295 e. The summed E-state index contributed by atoms with van der Waals surface area (Å²) in [6.07, 6.45) is 4.73. The smallest absolute Gasteiger partial charge is 0.295 e. The van der Waals surface area contributed by atoms with Crippen LogP contribution < -0.4 is 4.74 Å². The molecular formula is C24H24FNO4. The van der Waals surface area contributed by atoms with E-state index in [2.05, 4.69) is 0 Å². The van der Waals surface area contributed by atoms with Gasteiger partial charge in [0.2, 0.25) is 0 Å². The van der Waals surface area contributed by atoms with Gasteiger partial charge in [0, 0.05) is 6.04 Å². The second-order valence-corrected chi connectivity index (χ2v) is 7.75. The van der Waals surface area contributed by atoms with Gasteiger partial charge in [-0.25, -0.2) is 4.39 Å². The van der Waals surface area contributed by atoms with Crippen molar-refractivity contribution in [3.05, 3.63) is 71.0 Å². The molecule has 1 N–H and O–H groups in total. The van der Waals surface area contributed by atoms with Crippen LogP contribution in [0.2, 0.25) is 0 Å². The van der Waals surface area contributed by atoms with Crippen LogP contribution in [0.25, 0.3) is 5.76 Å². The Morgan fingerprint density at radius 2 is 1.77 bits per heavy atom. The van der Waals surface area contributed by atoms with E-state index in [1.54, 1.807) is 4.90 Å². The molecule has 6 heteroatoms. The zero-order valence-corrected chi connectivity index (χ0v) is 16.8. The number of aliphatic hydroxyl groups is 1. The molecule has 0 bridgehead atoms. The molecule has 1 aliphatic heterocycles. The lowest BCUT2D eigenvalue weighted by molar-refractivity contribution is -0.141. The van der Waals surface area contributed by atoms with Crippen molar-refractivity contribution in [3.8, 4) is 5.75 Å². The molecule has 2 aromatic carbocycles. The Bertz CT molecular complexity index is 996. The number of hydrogen-bond donors (Lipinski definition) is 1. The highest BCUT2D eigenvalue weighted by Gasteiger charge is 2.49. The Morgan fingerprint density at radius 3 is 2.43 bits per heavy atom. The van der Waals surface area contributed by atoms with E-state index in [-0.39, 0.29) is 22.9 Å². The fraction of sp³-hybridized carbons (Fsp3) is 0.333. The lowest BCUT2D eigenvalue weighted by Gasteiger charge is -2.35. The molecule has 156 valence electrons. The van der Waals surface area contributed by atoms with E-state index < -0.39 is 29.3 Å². The number of halogens is 1. The van der Waals surface area contributed by atoms with E-state index in [1.165, 1.54) is 19.2 Å². The summed E-state index contributed by atoms with van der Waals surface area (Å²) in [5.41, 5.74) is 0.764. The third-order valence-corrected chi connectivity index (χ3v) is 5.98. The molecule has 5 nitrogen and oxygen atoms in total. The van der Waals surface area contributed by atoms with Crippen molar-refractivity contribution < 1.29 is 23.8 Å². The van der Waals surface area contributed by atoms with Crippen molar-refractivity contribution >= 4 is 17.4 Å². The van der Waals surface area contributed by atoms with E-state index in [1.807, 2.05) is 30.3 Å². The summed E-state index contributed by atoms with van der Waals surface area (Å²) in [5, 5.41) is 11.1. The minimum Gasteiger partial charge on any atom is -0.507 e. The molecule has 0 radical (unpaired) electrons. The average Bonchev–Trinajstić information content (AvgIpc) is 3.05. The van der Waals surface area contributed by atoms with Crippen molar-refractivity contribution in [2.45, 2.75) is 44.2 Å². The first-order valence-electron chi connectivity index (χ1n) is 10.2. The number of nitrogens with zero attached hydrogens (tertiary/aromatic N) is 1. The van der Waals surface area contributed by atoms with Gasteiger partial charge < -0.3 is 14.7 Å². The van der Waals surface area contributed by atoms with Crippen molar-refractivity contribution in [1.82, 2.24) is 4.90 Å². The number of aliphatic hydroxyl groups excluding tert-OH is 1. The molecule has 1 unspecified atom stereocenters. The summed E-state index contributed by atoms with van der Waals surface area (Å²) in [5.74, 6) is -2.14. The number of rotatable bonds is 4. The summed E-state index contributed by atoms with van der Waals surface area (Å²) in [7, 11) is 1.40. The number of benzene rings is 2. The predicted octanol–water partition coefficient (Wildman–Crippen LogP) is 4.59. The van der Waals surface area contributed by atoms with Gasteiger partial charge in [-0.1, -0.05) is 49.6 Å². The molecule has 1 heterocycles. The van der Waals surface area contributed by atoms with Gasteiger partial charge in [0.05, 0.1) is 24.3 Å². The van der Waals surface area contributed by atoms with Crippen molar-refractivity contribution in [3.63, 3.8) is 0 Å². The number of Topliss-reactive ketones (excluding diaryl/α,β-unsaturated/α-hetero) is 1. The summed E-state index contributed by atoms with van der Waals surface area (Å²) >= 11 is 0. The minimum absolute atomic E-state index is 0.0272. The summed E-state index contributed by atoms with van der Waals surface area (Å²) < 4.78 is 19.2. The van der Waals surface area contributed by atoms with Crippen LogP contribution in [0.15, 0.2) is 54.1 Å². The van der Waals surface area contributed by atoms with Gasteiger partial charge in [-0.3, -0.25) is 9.59 Å². The first-order valence-corrected chi connectivity index (χ1v) is 10.2. The third-order valence-electron chi connectivity index (χ3n) is 5.98. The molecule has 2 aromatic rings. The molecule has 1 saturated heterocycles. The SMILES string of the molecule is COc1ccc(F)cc1/C(O)=C1\C(=O)C(=O)N(C2CCCCC2)C1c1ccccc1. The maximum atomic E-state index is 13.9. The minimum atomic E-state index is -0.752. The second kappa shape index (κ2) is 8.30. The van der Waals surface area contributed by atoms with Gasteiger partial charge in [-0.05, 0) is 36.6 Å². The fourth-order valence-electron chi connectivity index (χ4n) is 4.56. The van der Waals surface area contributed by atoms with Gasteiger partial charge in [0.15, 0.2) is 0 Å². The van der Waals surface area contributed by atoms with E-state index in [0.29, 0.717) is 0 Å². The normalized spacial score (nSPS) is 21.8. The lowest BCUT2D eigenvalue weighted by atomic mass is 9.91. The number of carbonyl (C=O) groups is 2. The van der Waals surface area contributed by atoms with Crippen LogP contribution in [0.3, 0.4) is 0 Å². The summed E-state index contributed by atoms with van der Waals surface area (Å²) in [6.45, 7) is 0. The summed E-state index contributed by atoms with van der Waals surface area (Å²) in [6, 6.07) is 12.1. The molecule has 1 amide bonds. The van der Waals surface area contributed by atoms with Crippen molar-refractivity contribution in [1.29, 1.82) is 0 Å². The van der Waals surface area contributed by atoms with Crippen LogP contribution >= 0.6 is 0 Å². The molecule has 0 spiro atoms. The van der Waals surface area contributed by atoms with E-state index in [0.717, 1.165) is 43.7 Å². The largest absolute Gasteiger partial charge is 0.507 e. The van der Waals surface area contributed by atoms with E-state index >= 15 is 0 Å². The Morgan fingerprint density at radius 1 is 1.07 bits per heavy atom. The molecule has 1 atom stereocenters. The number of ether oxygens (including phenoxy) is 1. The van der Waals surface area contributed by atoms with Crippen LogP contribution in [-0.2, 0) is 9.59 Å². The number of methoxy groups -OCH3 is 1. The lowest BCUT2D eigenvalue weighted by Crippen LogP contribution is -2.40. The van der Waals surface area contributed by atoms with E-state index in [4.69, 9.17) is 4.74 Å². The highest BCUT2D eigenvalue weighted by Crippen LogP contribution is 2.44. The second-order valence-electron chi connectivity index (χ2n) is 7.75. The number of likely N-dealkylation sites (tertiary alicyclic amines) is 1. The van der Waals surface area contributed by atoms with Crippen LogP contribution in [0.5, 0.6) is 5.75 Å². The van der Waals surface area contributed by atoms with Crippen LogP contribution in [0.4, 0.5) is 4.39 Å². The van der Waals surface area contributed by atoms with Crippen molar-refractivity contribution in [2.75, 3.05) is 7.11 Å². The Balaban J connectivity index is 1.91. The van der Waals surface area contributed by atoms with Crippen LogP contribution in [0.1, 0.15) is 49.3 Å². The fourth-order valence-corrected chi connectivity index (χ4v) is 4.56. The van der Waals surface area contributed by atoms with Gasteiger partial charge in [0.25, 0.3) is 11.7 Å². The molecule has 4 rings (SSSR count). The number of carbonyl (C=O) groups excluding carboxylic acids is 2. The number of hydrogen-bond acceptors (Lipinski definition) is 4. The molecular weight excluding hydrogens is 385 g/mol. The highest BCUT2D eigenvalue weighted by atomic mass is 19.1. The van der Waals surface area contributed by atoms with Gasteiger partial charge in [0.1, 0.15) is 17.3 Å². The maximum absolute atomic E-state index is 13.9. The Hall–Kier alpha value is -3.15. The topological polar surface area (TPSA) is 66.8 Å². The van der Waals surface area contributed by atoms with Gasteiger partial charge in [-0.15, -0.1) is 0 Å². The highest BCUT2D eigenvalue weighted by molar-refractivity contribution is 6.46. The Kier molecular flexibility index (Phi) is 5.57. The van der Waals surface area contributed by atoms with Gasteiger partial charge in [-0.2, -0.15) is 0 Å². The predicted molar refractivity (Wildman–Crippen MR) is 110 cm³/mol.